The van der Waals surface area contributed by atoms with Crippen molar-refractivity contribution >= 4 is 128 Å². The SMILES string of the molecule is C=CC(=O)NC(C)(C)C.C=CC(=O)NC(C)(C)CS(=O)(=O)O.C=CC(=O)O.O=S(O)O.[HH].[Na].[Na].[Na]. The van der Waals surface area contributed by atoms with Gasteiger partial charge in [0.1, 0.15) is 0 Å². The van der Waals surface area contributed by atoms with E-state index < -0.39 is 44.6 Å². The summed E-state index contributed by atoms with van der Waals surface area (Å²) in [7, 11) is -4.08. The Balaban J connectivity index is -0.0000000487. The fourth-order valence-corrected chi connectivity index (χ4v) is 2.28. The van der Waals surface area contributed by atoms with Crippen molar-refractivity contribution in [2.24, 2.45) is 0 Å². The van der Waals surface area contributed by atoms with Crippen LogP contribution in [0.3, 0.4) is 0 Å². The van der Waals surface area contributed by atoms with E-state index in [2.05, 4.69) is 30.4 Å². The summed E-state index contributed by atoms with van der Waals surface area (Å²) in [5.74, 6) is -2.11. The van der Waals surface area contributed by atoms with Crippen LogP contribution in [0.5, 0.6) is 0 Å². The van der Waals surface area contributed by atoms with Crippen molar-refractivity contribution in [3.05, 3.63) is 38.0 Å². The average Bonchev–Trinajstić information content (AvgIpc) is 2.50. The molecule has 0 aromatic rings. The van der Waals surface area contributed by atoms with E-state index in [-0.39, 0.29) is 102 Å². The van der Waals surface area contributed by atoms with E-state index in [1.165, 1.54) is 19.9 Å². The zero-order chi connectivity index (χ0) is 26.1. The van der Waals surface area contributed by atoms with E-state index in [1.807, 2.05) is 20.8 Å². The number of aliphatic carboxylic acids is 1. The van der Waals surface area contributed by atoms with Crippen LogP contribution in [0.2, 0.25) is 0 Å². The van der Waals surface area contributed by atoms with Crippen LogP contribution in [-0.4, -0.2) is 155 Å². The van der Waals surface area contributed by atoms with Crippen molar-refractivity contribution in [3.63, 3.8) is 0 Å². The first-order valence-corrected chi connectivity index (χ1v) is 10.8. The molecule has 0 aromatic heterocycles. The summed E-state index contributed by atoms with van der Waals surface area (Å²) in [4.78, 5) is 30.7. The molecule has 0 aromatic carbocycles. The van der Waals surface area contributed by atoms with Crippen LogP contribution < -0.4 is 10.6 Å². The van der Waals surface area contributed by atoms with Crippen LogP contribution in [0, 0.1) is 0 Å². The molecule has 6 N–H and O–H groups in total. The zero-order valence-electron chi connectivity index (χ0n) is 21.1. The van der Waals surface area contributed by atoms with Crippen LogP contribution in [0.4, 0.5) is 0 Å². The van der Waals surface area contributed by atoms with Gasteiger partial charge in [0.25, 0.3) is 21.5 Å². The fraction of sp³-hybridized carbons (Fsp3) is 0.471. The summed E-state index contributed by atoms with van der Waals surface area (Å²) < 4.78 is 52.4. The van der Waals surface area contributed by atoms with Gasteiger partial charge in [0, 0.05) is 102 Å². The predicted octanol–water partition coefficient (Wildman–Crippen LogP) is 0.0838. The first-order valence-electron chi connectivity index (χ1n) is 8.12. The number of nitrogens with one attached hydrogen (secondary N) is 2. The van der Waals surface area contributed by atoms with Crippen LogP contribution >= 0.6 is 0 Å². The topological polar surface area (TPSA) is 207 Å². The summed E-state index contributed by atoms with van der Waals surface area (Å²) in [6.07, 6.45) is 3.14. The van der Waals surface area contributed by atoms with Gasteiger partial charge in [0.2, 0.25) is 11.8 Å². The second kappa shape index (κ2) is 26.7. The van der Waals surface area contributed by atoms with Gasteiger partial charge >= 0.3 is 5.97 Å². The molecule has 0 heterocycles. The first kappa shape index (κ1) is 51.3. The first-order chi connectivity index (χ1) is 13.6. The normalized spacial score (nSPS) is 9.44. The maximum atomic E-state index is 10.8. The van der Waals surface area contributed by atoms with Gasteiger partial charge in [-0.25, -0.2) is 4.79 Å². The molecule has 0 unspecified atom stereocenters. The Morgan fingerprint density at radius 2 is 1.15 bits per heavy atom. The Hall–Kier alpha value is 0.610. The minimum Gasteiger partial charge on any atom is -0.478 e. The molecule has 0 aliphatic rings. The molecule has 12 nitrogen and oxygen atoms in total. The van der Waals surface area contributed by atoms with Crippen LogP contribution in [0.15, 0.2) is 38.0 Å². The number of carbonyl (C=O) groups is 3. The molecule has 0 fully saturated rings. The van der Waals surface area contributed by atoms with Crippen LogP contribution in [0.1, 0.15) is 36.0 Å². The standard InChI is InChI=1S/C7H13NO4S.C7H13NO.C3H4O2.3Na.H2O3S.H2/c1-4-6(9)8-7(2,3)5-13(10,11)12;1-5-6(9)8-7(2,3)4;1-2-3(4)5;;;;1-4(2)3;/h4H,1,5H2,2-3H3,(H,8,9)(H,10,11,12);5H,1H2,2-4H3,(H,8,9);2H,1H2,(H,4,5);;;;(H2,1,2,3);1H. The monoisotopic (exact) mass is 559 g/mol. The largest absolute Gasteiger partial charge is 0.478 e. The third-order valence-corrected chi connectivity index (χ3v) is 3.13. The number of hydrogen-bond donors (Lipinski definition) is 6. The molecule has 3 radical (unpaired) electrons. The van der Waals surface area contributed by atoms with Crippen molar-refractivity contribution in [1.82, 2.24) is 10.6 Å². The molecule has 187 valence electrons. The third kappa shape index (κ3) is 63.7. The van der Waals surface area contributed by atoms with E-state index in [0.29, 0.717) is 0 Å². The fourth-order valence-electron chi connectivity index (χ4n) is 1.30. The van der Waals surface area contributed by atoms with E-state index in [1.54, 1.807) is 0 Å². The van der Waals surface area contributed by atoms with Gasteiger partial charge in [0.05, 0.1) is 11.3 Å². The molecule has 0 aliphatic carbocycles. The predicted molar refractivity (Wildman–Crippen MR) is 138 cm³/mol. The quantitative estimate of drug-likeness (QED) is 0.112. The molecule has 17 heteroatoms. The van der Waals surface area contributed by atoms with Gasteiger partial charge in [-0.2, -0.15) is 12.6 Å². The molecule has 2 amide bonds. The van der Waals surface area contributed by atoms with Crippen molar-refractivity contribution in [2.45, 2.75) is 45.7 Å². The van der Waals surface area contributed by atoms with Gasteiger partial charge in [-0.3, -0.25) is 23.2 Å². The van der Waals surface area contributed by atoms with Gasteiger partial charge < -0.3 is 15.7 Å². The molecular formula is C17H34N2Na3O10S2. The maximum absolute atomic E-state index is 10.8. The Bertz CT molecular complexity index is 756. The number of carboxylic acids is 1. The zero-order valence-corrected chi connectivity index (χ0v) is 28.7. The van der Waals surface area contributed by atoms with Crippen molar-refractivity contribution in [1.29, 1.82) is 0 Å². The molecule has 0 rings (SSSR count). The third-order valence-electron chi connectivity index (χ3n) is 2.05. The second-order valence-electron chi connectivity index (χ2n) is 7.02. The number of amides is 2. The van der Waals surface area contributed by atoms with Crippen LogP contribution in [0.25, 0.3) is 0 Å². The molecule has 0 bridgehead atoms. The minimum atomic E-state index is -4.08. The summed E-state index contributed by atoms with van der Waals surface area (Å²) in [5, 5.41) is 12.7. The van der Waals surface area contributed by atoms with E-state index in [4.69, 9.17) is 23.0 Å². The molecular weight excluding hydrogens is 525 g/mol. The summed E-state index contributed by atoms with van der Waals surface area (Å²) in [5.41, 5.74) is -1.15. The summed E-state index contributed by atoms with van der Waals surface area (Å²) in [6.45, 7) is 18.3. The number of rotatable bonds is 6. The summed E-state index contributed by atoms with van der Waals surface area (Å²) >= 11 is -2.61. The Morgan fingerprint density at radius 3 is 1.29 bits per heavy atom. The smallest absolute Gasteiger partial charge is 0.327 e. The molecule has 0 atom stereocenters. The molecule has 34 heavy (non-hydrogen) atoms. The van der Waals surface area contributed by atoms with Crippen molar-refractivity contribution < 1.29 is 47.2 Å². The average molecular weight is 560 g/mol. The van der Waals surface area contributed by atoms with Crippen molar-refractivity contribution in [3.8, 4) is 0 Å². The second-order valence-corrected chi connectivity index (χ2v) is 8.93. The molecule has 0 spiro atoms. The van der Waals surface area contributed by atoms with Gasteiger partial charge in [-0.15, -0.1) is 0 Å². The van der Waals surface area contributed by atoms with E-state index in [9.17, 15) is 22.8 Å². The number of carboxylic acid groups (broad SMARTS) is 1. The van der Waals surface area contributed by atoms with Gasteiger partial charge in [0.15, 0.2) is 0 Å². The Labute approximate surface area is 272 Å². The van der Waals surface area contributed by atoms with Gasteiger partial charge in [-0.1, -0.05) is 19.7 Å². The minimum absolute atomic E-state index is 0. The maximum Gasteiger partial charge on any atom is 0.327 e. The van der Waals surface area contributed by atoms with Crippen LogP contribution in [-0.2, 0) is 35.9 Å². The van der Waals surface area contributed by atoms with E-state index >= 15 is 0 Å². The van der Waals surface area contributed by atoms with Crippen molar-refractivity contribution in [2.75, 3.05) is 5.75 Å². The van der Waals surface area contributed by atoms with E-state index in [0.717, 1.165) is 12.2 Å². The summed E-state index contributed by atoms with van der Waals surface area (Å²) in [6, 6.07) is 0. The molecule has 0 saturated carbocycles. The Kier molecular flexibility index (Phi) is 40.2. The Morgan fingerprint density at radius 1 is 0.882 bits per heavy atom. The number of carbonyl (C=O) groups excluding carboxylic acids is 2. The molecule has 0 saturated heterocycles. The van der Waals surface area contributed by atoms with Gasteiger partial charge in [-0.05, 0) is 46.8 Å². The number of hydrogen-bond acceptors (Lipinski definition) is 6. The molecule has 0 aliphatic heterocycles.